The molecule has 1 saturated heterocycles. The Labute approximate surface area is 157 Å². The number of hydrogen-bond donors (Lipinski definition) is 2. The molecule has 2 atom stereocenters. The van der Waals surface area contributed by atoms with Gasteiger partial charge in [-0.2, -0.15) is 5.26 Å². The van der Waals surface area contributed by atoms with Crippen LogP contribution >= 0.6 is 0 Å². The molecule has 1 aliphatic rings. The number of benzene rings is 2. The third-order valence-electron chi connectivity index (χ3n) is 4.77. The molecule has 0 aliphatic carbocycles. The molecule has 6 heteroatoms. The van der Waals surface area contributed by atoms with Gasteiger partial charge in [0.05, 0.1) is 29.5 Å². The van der Waals surface area contributed by atoms with Gasteiger partial charge in [-0.05, 0) is 41.8 Å². The number of nitrogens with one attached hydrogen (secondary N) is 1. The summed E-state index contributed by atoms with van der Waals surface area (Å²) in [6.45, 7) is 1.96. The summed E-state index contributed by atoms with van der Waals surface area (Å²) in [6.07, 6.45) is 0.246. The van der Waals surface area contributed by atoms with E-state index in [9.17, 15) is 9.59 Å². The van der Waals surface area contributed by atoms with E-state index in [1.54, 1.807) is 19.1 Å². The fraction of sp³-hybridized carbons (Fsp3) is 0.286. The van der Waals surface area contributed by atoms with E-state index in [4.69, 9.17) is 15.1 Å². The van der Waals surface area contributed by atoms with Gasteiger partial charge in [-0.25, -0.2) is 0 Å². The van der Waals surface area contributed by atoms with E-state index in [-0.39, 0.29) is 25.0 Å². The van der Waals surface area contributed by atoms with Crippen LogP contribution in [-0.4, -0.2) is 29.6 Å². The van der Waals surface area contributed by atoms with Gasteiger partial charge >= 0.3 is 5.97 Å². The summed E-state index contributed by atoms with van der Waals surface area (Å²) >= 11 is 0. The molecule has 0 aromatic heterocycles. The second-order valence-electron chi connectivity index (χ2n) is 7.03. The summed E-state index contributed by atoms with van der Waals surface area (Å²) < 4.78 is 5.76. The van der Waals surface area contributed by atoms with Gasteiger partial charge in [0, 0.05) is 0 Å². The summed E-state index contributed by atoms with van der Waals surface area (Å²) in [4.78, 5) is 23.0. The third-order valence-corrected chi connectivity index (χ3v) is 4.77. The minimum absolute atomic E-state index is 0.186. The number of ether oxygens (including phenoxy) is 1. The van der Waals surface area contributed by atoms with E-state index in [0.29, 0.717) is 17.7 Å². The molecular weight excluding hydrogens is 344 g/mol. The highest BCUT2D eigenvalue weighted by molar-refractivity contribution is 5.88. The van der Waals surface area contributed by atoms with Crippen molar-refractivity contribution < 1.29 is 19.4 Å². The van der Waals surface area contributed by atoms with Crippen molar-refractivity contribution >= 4 is 11.9 Å². The molecule has 2 aromatic rings. The lowest BCUT2D eigenvalue weighted by atomic mass is 9.84. The van der Waals surface area contributed by atoms with Crippen molar-refractivity contribution in [2.24, 2.45) is 5.41 Å². The van der Waals surface area contributed by atoms with Gasteiger partial charge in [0.15, 0.2) is 0 Å². The number of nitriles is 1. The van der Waals surface area contributed by atoms with E-state index in [1.807, 2.05) is 36.4 Å². The first-order valence-corrected chi connectivity index (χ1v) is 8.66. The van der Waals surface area contributed by atoms with Gasteiger partial charge in [-0.15, -0.1) is 0 Å². The molecule has 0 radical (unpaired) electrons. The summed E-state index contributed by atoms with van der Waals surface area (Å²) in [5.41, 5.74) is 1.74. The monoisotopic (exact) mass is 364 g/mol. The maximum Gasteiger partial charge on any atom is 0.304 e. The number of amides is 1. The molecule has 6 nitrogen and oxygen atoms in total. The Hall–Kier alpha value is -3.33. The van der Waals surface area contributed by atoms with Crippen molar-refractivity contribution in [3.63, 3.8) is 0 Å². The van der Waals surface area contributed by atoms with Crippen molar-refractivity contribution in [1.82, 2.24) is 5.32 Å². The minimum atomic E-state index is -0.979. The van der Waals surface area contributed by atoms with Crippen molar-refractivity contribution in [3.8, 4) is 22.9 Å². The minimum Gasteiger partial charge on any atom is -0.491 e. The van der Waals surface area contributed by atoms with Crippen molar-refractivity contribution in [1.29, 1.82) is 5.26 Å². The van der Waals surface area contributed by atoms with Gasteiger partial charge in [0.2, 0.25) is 5.91 Å². The number of carboxylic acid groups (broad SMARTS) is 1. The van der Waals surface area contributed by atoms with Gasteiger partial charge in [0.1, 0.15) is 12.4 Å². The molecule has 1 heterocycles. The van der Waals surface area contributed by atoms with E-state index in [2.05, 4.69) is 11.4 Å². The average molecular weight is 364 g/mol. The van der Waals surface area contributed by atoms with Crippen molar-refractivity contribution in [3.05, 3.63) is 54.1 Å². The SMILES string of the molecule is C[C@@]1(CC(=O)O)C[C@@H](COc2ccc(-c3ccc(C#N)cc3)cc2)NC1=O. The van der Waals surface area contributed by atoms with Crippen LogP contribution in [0.25, 0.3) is 11.1 Å². The Morgan fingerprint density at radius 1 is 1.22 bits per heavy atom. The largest absolute Gasteiger partial charge is 0.491 e. The number of hydrogen-bond acceptors (Lipinski definition) is 4. The molecule has 0 saturated carbocycles. The highest BCUT2D eigenvalue weighted by Gasteiger charge is 2.44. The Morgan fingerprint density at radius 3 is 2.37 bits per heavy atom. The molecule has 1 amide bonds. The fourth-order valence-corrected chi connectivity index (χ4v) is 3.31. The van der Waals surface area contributed by atoms with Crippen molar-refractivity contribution in [2.45, 2.75) is 25.8 Å². The van der Waals surface area contributed by atoms with Crippen LogP contribution < -0.4 is 10.1 Å². The van der Waals surface area contributed by atoms with Crippen LogP contribution in [0.15, 0.2) is 48.5 Å². The summed E-state index contributed by atoms with van der Waals surface area (Å²) in [7, 11) is 0. The topological polar surface area (TPSA) is 99.4 Å². The van der Waals surface area contributed by atoms with Crippen LogP contribution in [-0.2, 0) is 9.59 Å². The van der Waals surface area contributed by atoms with Crippen LogP contribution in [0.3, 0.4) is 0 Å². The lowest BCUT2D eigenvalue weighted by Crippen LogP contribution is -2.33. The molecule has 1 fully saturated rings. The highest BCUT2D eigenvalue weighted by atomic mass is 16.5. The Morgan fingerprint density at radius 2 is 1.81 bits per heavy atom. The number of aliphatic carboxylic acids is 1. The van der Waals surface area contributed by atoms with Gasteiger partial charge in [-0.1, -0.05) is 31.2 Å². The Bertz CT molecular complexity index is 884. The summed E-state index contributed by atoms with van der Waals surface area (Å²) in [6, 6.07) is 16.8. The first-order valence-electron chi connectivity index (χ1n) is 8.66. The average Bonchev–Trinajstić information content (AvgIpc) is 2.93. The number of carbonyl (C=O) groups is 2. The van der Waals surface area contributed by atoms with E-state index in [0.717, 1.165) is 11.1 Å². The number of rotatable bonds is 6. The summed E-state index contributed by atoms with van der Waals surface area (Å²) in [5.74, 6) is -0.546. The summed E-state index contributed by atoms with van der Waals surface area (Å²) in [5, 5.41) is 20.6. The molecule has 1 aliphatic heterocycles. The van der Waals surface area contributed by atoms with Crippen LogP contribution in [0.2, 0.25) is 0 Å². The third kappa shape index (κ3) is 4.26. The predicted molar refractivity (Wildman–Crippen MR) is 99.0 cm³/mol. The Balaban J connectivity index is 1.58. The van der Waals surface area contributed by atoms with Crippen LogP contribution in [0.1, 0.15) is 25.3 Å². The zero-order valence-corrected chi connectivity index (χ0v) is 14.9. The van der Waals surface area contributed by atoms with E-state index < -0.39 is 11.4 Å². The molecular formula is C21H20N2O4. The molecule has 0 unspecified atom stereocenters. The molecule has 27 heavy (non-hydrogen) atoms. The standard InChI is InChI=1S/C21H20N2O4/c1-21(11-19(24)25)10-17(23-20(21)26)13-27-18-8-6-16(7-9-18)15-4-2-14(12-22)3-5-15/h2-9,17H,10-11,13H2,1H3,(H,23,26)(H,24,25)/t17-,21-/m0/s1. The predicted octanol–water partition coefficient (Wildman–Crippen LogP) is 2.97. The molecule has 138 valence electrons. The van der Waals surface area contributed by atoms with E-state index >= 15 is 0 Å². The van der Waals surface area contributed by atoms with Crippen molar-refractivity contribution in [2.75, 3.05) is 6.61 Å². The van der Waals surface area contributed by atoms with Crippen LogP contribution in [0.4, 0.5) is 0 Å². The number of nitrogens with zero attached hydrogens (tertiary/aromatic N) is 1. The molecule has 0 bridgehead atoms. The second kappa shape index (κ2) is 7.50. The van der Waals surface area contributed by atoms with Crippen LogP contribution in [0, 0.1) is 16.7 Å². The van der Waals surface area contributed by atoms with Gasteiger partial charge in [-0.3, -0.25) is 9.59 Å². The zero-order valence-electron chi connectivity index (χ0n) is 14.9. The maximum atomic E-state index is 12.1. The smallest absolute Gasteiger partial charge is 0.304 e. The molecule has 0 spiro atoms. The quantitative estimate of drug-likeness (QED) is 0.821. The Kier molecular flexibility index (Phi) is 5.13. The van der Waals surface area contributed by atoms with Gasteiger partial charge in [0.25, 0.3) is 0 Å². The second-order valence-corrected chi connectivity index (χ2v) is 7.03. The normalized spacial score (nSPS) is 21.3. The van der Waals surface area contributed by atoms with Crippen LogP contribution in [0.5, 0.6) is 5.75 Å². The number of carboxylic acids is 1. The lowest BCUT2D eigenvalue weighted by Gasteiger charge is -2.17. The first-order chi connectivity index (χ1) is 12.9. The van der Waals surface area contributed by atoms with E-state index in [1.165, 1.54) is 0 Å². The van der Waals surface area contributed by atoms with Gasteiger partial charge < -0.3 is 15.2 Å². The zero-order chi connectivity index (χ0) is 19.4. The maximum absolute atomic E-state index is 12.1. The lowest BCUT2D eigenvalue weighted by molar-refractivity contribution is -0.143. The molecule has 2 aromatic carbocycles. The molecule has 3 rings (SSSR count). The molecule has 2 N–H and O–H groups in total. The highest BCUT2D eigenvalue weighted by Crippen LogP contribution is 2.33. The first kappa shape index (κ1) is 18.5. The fourth-order valence-electron chi connectivity index (χ4n) is 3.31. The number of carbonyl (C=O) groups excluding carboxylic acids is 1.